The van der Waals surface area contributed by atoms with Crippen LogP contribution in [0.2, 0.25) is 0 Å². The molecule has 0 aliphatic rings. The first-order valence-electron chi connectivity index (χ1n) is 8.21. The number of nitrogen functional groups attached to an aromatic ring is 1. The second kappa shape index (κ2) is 8.01. The molecule has 7 nitrogen and oxygen atoms in total. The fraction of sp³-hybridized carbons (Fsp3) is 0.0500. The molecule has 0 spiro atoms. The summed E-state index contributed by atoms with van der Waals surface area (Å²) in [4.78, 5) is 27.3. The van der Waals surface area contributed by atoms with Gasteiger partial charge < -0.3 is 21.5 Å². The number of amides is 2. The Balaban J connectivity index is 1.75. The standard InChI is InChI=1S/C20H18N4O3/c21-16-12-22-17(14-4-2-1-3-5-14)10-18(16)24-19(25)15-8-6-13(7-9-15)11-23-20(26)27/h1-10,12,23H,11,21H2,(H,26,27)(H,22,24,25). The van der Waals surface area contributed by atoms with Gasteiger partial charge in [-0.2, -0.15) is 0 Å². The highest BCUT2D eigenvalue weighted by atomic mass is 16.4. The van der Waals surface area contributed by atoms with E-state index in [1.165, 1.54) is 6.20 Å². The van der Waals surface area contributed by atoms with Crippen molar-refractivity contribution >= 4 is 23.4 Å². The maximum Gasteiger partial charge on any atom is 0.404 e. The van der Waals surface area contributed by atoms with Crippen molar-refractivity contribution in [1.29, 1.82) is 0 Å². The van der Waals surface area contributed by atoms with Gasteiger partial charge >= 0.3 is 6.09 Å². The molecule has 0 aliphatic heterocycles. The van der Waals surface area contributed by atoms with E-state index in [2.05, 4.69) is 15.6 Å². The molecule has 2 aromatic carbocycles. The van der Waals surface area contributed by atoms with E-state index in [1.807, 2.05) is 30.3 Å². The molecule has 0 aliphatic carbocycles. The van der Waals surface area contributed by atoms with Crippen LogP contribution in [0.5, 0.6) is 0 Å². The molecular weight excluding hydrogens is 344 g/mol. The van der Waals surface area contributed by atoms with Crippen molar-refractivity contribution in [2.24, 2.45) is 0 Å². The minimum absolute atomic E-state index is 0.176. The number of aromatic nitrogens is 1. The SMILES string of the molecule is Nc1cnc(-c2ccccc2)cc1NC(=O)c1ccc(CNC(=O)O)cc1. The number of nitrogens with zero attached hydrogens (tertiary/aromatic N) is 1. The van der Waals surface area contributed by atoms with Gasteiger partial charge in [0.15, 0.2) is 0 Å². The molecule has 27 heavy (non-hydrogen) atoms. The van der Waals surface area contributed by atoms with E-state index in [9.17, 15) is 9.59 Å². The molecule has 0 radical (unpaired) electrons. The molecule has 0 saturated heterocycles. The lowest BCUT2D eigenvalue weighted by molar-refractivity contribution is 0.102. The van der Waals surface area contributed by atoms with Crippen LogP contribution in [0, 0.1) is 0 Å². The van der Waals surface area contributed by atoms with Crippen molar-refractivity contribution in [3.63, 3.8) is 0 Å². The minimum Gasteiger partial charge on any atom is -0.465 e. The van der Waals surface area contributed by atoms with Crippen LogP contribution < -0.4 is 16.4 Å². The number of anilines is 2. The zero-order chi connectivity index (χ0) is 19.2. The minimum atomic E-state index is -1.10. The number of hydrogen-bond donors (Lipinski definition) is 4. The Morgan fingerprint density at radius 1 is 1.04 bits per heavy atom. The number of carbonyl (C=O) groups is 2. The van der Waals surface area contributed by atoms with Crippen molar-refractivity contribution in [3.8, 4) is 11.3 Å². The van der Waals surface area contributed by atoms with E-state index in [-0.39, 0.29) is 12.5 Å². The van der Waals surface area contributed by atoms with Crippen molar-refractivity contribution in [3.05, 3.63) is 78.0 Å². The highest BCUT2D eigenvalue weighted by Gasteiger charge is 2.10. The van der Waals surface area contributed by atoms with Crippen molar-refractivity contribution in [1.82, 2.24) is 10.3 Å². The molecule has 136 valence electrons. The van der Waals surface area contributed by atoms with Crippen LogP contribution in [0.4, 0.5) is 16.2 Å². The predicted octanol–water partition coefficient (Wildman–Crippen LogP) is 3.35. The van der Waals surface area contributed by atoms with Gasteiger partial charge in [0.1, 0.15) is 0 Å². The molecular formula is C20H18N4O3. The Bertz CT molecular complexity index is 957. The Morgan fingerprint density at radius 2 is 1.74 bits per heavy atom. The van der Waals surface area contributed by atoms with Crippen molar-refractivity contribution in [2.45, 2.75) is 6.54 Å². The third-order valence-corrected chi connectivity index (χ3v) is 3.91. The molecule has 3 rings (SSSR count). The van der Waals surface area contributed by atoms with E-state index in [1.54, 1.807) is 30.3 Å². The van der Waals surface area contributed by atoms with Crippen LogP contribution in [0.15, 0.2) is 66.9 Å². The molecule has 5 N–H and O–H groups in total. The van der Waals surface area contributed by atoms with Crippen LogP contribution in [0.25, 0.3) is 11.3 Å². The van der Waals surface area contributed by atoms with Crippen LogP contribution >= 0.6 is 0 Å². The summed E-state index contributed by atoms with van der Waals surface area (Å²) in [5, 5.41) is 13.7. The number of carbonyl (C=O) groups excluding carboxylic acids is 1. The molecule has 0 unspecified atom stereocenters. The summed E-state index contributed by atoms with van der Waals surface area (Å²) < 4.78 is 0. The maximum absolute atomic E-state index is 12.5. The second-order valence-electron chi connectivity index (χ2n) is 5.83. The summed E-state index contributed by atoms with van der Waals surface area (Å²) in [6, 6.07) is 18.0. The number of nitrogens with two attached hydrogens (primary N) is 1. The molecule has 0 saturated carbocycles. The van der Waals surface area contributed by atoms with Gasteiger partial charge in [-0.15, -0.1) is 0 Å². The van der Waals surface area contributed by atoms with Gasteiger partial charge in [0.2, 0.25) is 0 Å². The predicted molar refractivity (Wildman–Crippen MR) is 103 cm³/mol. The third-order valence-electron chi connectivity index (χ3n) is 3.91. The number of carboxylic acid groups (broad SMARTS) is 1. The van der Waals surface area contributed by atoms with Gasteiger partial charge in [-0.1, -0.05) is 42.5 Å². The fourth-order valence-electron chi connectivity index (χ4n) is 2.49. The number of pyridine rings is 1. The highest BCUT2D eigenvalue weighted by molar-refractivity contribution is 6.06. The van der Waals surface area contributed by atoms with Gasteiger partial charge in [-0.3, -0.25) is 9.78 Å². The Morgan fingerprint density at radius 3 is 2.41 bits per heavy atom. The molecule has 3 aromatic rings. The Labute approximate surface area is 155 Å². The highest BCUT2D eigenvalue weighted by Crippen LogP contribution is 2.25. The van der Waals surface area contributed by atoms with E-state index in [0.29, 0.717) is 22.6 Å². The van der Waals surface area contributed by atoms with Gasteiger partial charge in [0, 0.05) is 17.7 Å². The summed E-state index contributed by atoms with van der Waals surface area (Å²) in [7, 11) is 0. The monoisotopic (exact) mass is 362 g/mol. The average Bonchev–Trinajstić information content (AvgIpc) is 2.69. The summed E-state index contributed by atoms with van der Waals surface area (Å²) in [5.74, 6) is -0.315. The number of nitrogens with one attached hydrogen (secondary N) is 2. The normalized spacial score (nSPS) is 10.2. The zero-order valence-electron chi connectivity index (χ0n) is 14.3. The third kappa shape index (κ3) is 4.60. The molecule has 7 heteroatoms. The Kier molecular flexibility index (Phi) is 5.32. The lowest BCUT2D eigenvalue weighted by Crippen LogP contribution is -2.20. The lowest BCUT2D eigenvalue weighted by Gasteiger charge is -2.10. The van der Waals surface area contributed by atoms with Crippen LogP contribution in [0.1, 0.15) is 15.9 Å². The molecule has 1 heterocycles. The number of benzene rings is 2. The van der Waals surface area contributed by atoms with Crippen LogP contribution in [-0.4, -0.2) is 22.1 Å². The average molecular weight is 362 g/mol. The van der Waals surface area contributed by atoms with Gasteiger partial charge in [0.25, 0.3) is 5.91 Å². The van der Waals surface area contributed by atoms with E-state index in [4.69, 9.17) is 10.8 Å². The smallest absolute Gasteiger partial charge is 0.404 e. The van der Waals surface area contributed by atoms with E-state index < -0.39 is 6.09 Å². The van der Waals surface area contributed by atoms with E-state index in [0.717, 1.165) is 11.1 Å². The molecule has 0 bridgehead atoms. The first kappa shape index (κ1) is 17.9. The van der Waals surface area contributed by atoms with Gasteiger partial charge in [-0.05, 0) is 23.8 Å². The van der Waals surface area contributed by atoms with Crippen molar-refractivity contribution < 1.29 is 14.7 Å². The summed E-state index contributed by atoms with van der Waals surface area (Å²) in [5.41, 5.74) is 9.60. The molecule has 2 amide bonds. The summed E-state index contributed by atoms with van der Waals surface area (Å²) >= 11 is 0. The fourth-order valence-corrected chi connectivity index (χ4v) is 2.49. The van der Waals surface area contributed by atoms with Crippen molar-refractivity contribution in [2.75, 3.05) is 11.1 Å². The molecule has 1 aromatic heterocycles. The maximum atomic E-state index is 12.5. The zero-order valence-corrected chi connectivity index (χ0v) is 14.3. The molecule has 0 atom stereocenters. The number of hydrogen-bond acceptors (Lipinski definition) is 4. The molecule has 0 fully saturated rings. The van der Waals surface area contributed by atoms with Crippen LogP contribution in [0.3, 0.4) is 0 Å². The van der Waals surface area contributed by atoms with Gasteiger partial charge in [-0.25, -0.2) is 4.79 Å². The Hall–Kier alpha value is -3.87. The summed E-state index contributed by atoms with van der Waals surface area (Å²) in [6.45, 7) is 0.176. The topological polar surface area (TPSA) is 117 Å². The largest absolute Gasteiger partial charge is 0.465 e. The van der Waals surface area contributed by atoms with Crippen LogP contribution in [-0.2, 0) is 6.54 Å². The van der Waals surface area contributed by atoms with Gasteiger partial charge in [0.05, 0.1) is 23.3 Å². The summed E-state index contributed by atoms with van der Waals surface area (Å²) in [6.07, 6.45) is 0.415. The lowest BCUT2D eigenvalue weighted by atomic mass is 10.1. The number of rotatable bonds is 5. The first-order chi connectivity index (χ1) is 13.0. The first-order valence-corrected chi connectivity index (χ1v) is 8.21. The second-order valence-corrected chi connectivity index (χ2v) is 5.83. The quantitative estimate of drug-likeness (QED) is 0.555. The van der Waals surface area contributed by atoms with E-state index >= 15 is 0 Å².